The summed E-state index contributed by atoms with van der Waals surface area (Å²) in [4.78, 5) is 44.2. The van der Waals surface area contributed by atoms with E-state index >= 15 is 0 Å². The molecular weight excluding hydrogens is 440 g/mol. The van der Waals surface area contributed by atoms with Gasteiger partial charge in [0, 0.05) is 31.0 Å². The van der Waals surface area contributed by atoms with Crippen molar-refractivity contribution in [2.45, 2.75) is 74.5 Å². The maximum Gasteiger partial charge on any atom is 0.310 e. The molecule has 1 N–H and O–H groups in total. The van der Waals surface area contributed by atoms with Gasteiger partial charge in [-0.2, -0.15) is 0 Å². The standard InChI is InChI=1S/C25H38N2O5S/c1-5-7-10-16-32-24(31)19-18-11-12-25(33-18)20(19)22(29)27(14-8-9-15-28)21(25)23(30)26(13-6-2)17(3)4/h5-6,17-21,28H,1-2,7-16H2,3-4H3/t18-,19+,20+,21?,25?/m1/s1. The number of hydrogen-bond acceptors (Lipinski definition) is 6. The van der Waals surface area contributed by atoms with Crippen molar-refractivity contribution < 1.29 is 24.2 Å². The number of ether oxygens (including phenoxy) is 1. The Bertz CT molecular complexity index is 772. The summed E-state index contributed by atoms with van der Waals surface area (Å²) in [5.41, 5.74) is 0. The number of thioether (sulfide) groups is 1. The number of carbonyl (C=O) groups is 3. The molecule has 3 rings (SSSR count). The molecule has 0 saturated carbocycles. The van der Waals surface area contributed by atoms with Gasteiger partial charge in [-0.05, 0) is 52.4 Å². The Morgan fingerprint density at radius 3 is 2.70 bits per heavy atom. The van der Waals surface area contributed by atoms with E-state index < -0.39 is 22.6 Å². The van der Waals surface area contributed by atoms with Crippen LogP contribution in [0, 0.1) is 11.8 Å². The number of esters is 1. The van der Waals surface area contributed by atoms with Gasteiger partial charge in [-0.1, -0.05) is 12.2 Å². The lowest BCUT2D eigenvalue weighted by atomic mass is 9.71. The maximum absolute atomic E-state index is 13.9. The monoisotopic (exact) mass is 478 g/mol. The lowest BCUT2D eigenvalue weighted by Crippen LogP contribution is -2.56. The summed E-state index contributed by atoms with van der Waals surface area (Å²) in [5, 5.41) is 9.26. The van der Waals surface area contributed by atoms with Crippen LogP contribution in [0.2, 0.25) is 0 Å². The maximum atomic E-state index is 13.9. The summed E-state index contributed by atoms with van der Waals surface area (Å²) in [7, 11) is 0. The van der Waals surface area contributed by atoms with Crippen molar-refractivity contribution in [2.24, 2.45) is 11.8 Å². The summed E-state index contributed by atoms with van der Waals surface area (Å²) < 4.78 is 4.98. The molecule has 184 valence electrons. The lowest BCUT2D eigenvalue weighted by Gasteiger charge is -2.38. The van der Waals surface area contributed by atoms with Crippen molar-refractivity contribution in [3.8, 4) is 0 Å². The molecule has 2 unspecified atom stereocenters. The molecule has 0 aromatic heterocycles. The second-order valence-electron chi connectivity index (χ2n) is 9.49. The number of carbonyl (C=O) groups excluding carboxylic acids is 3. The average molecular weight is 479 g/mol. The van der Waals surface area contributed by atoms with E-state index in [4.69, 9.17) is 4.74 Å². The van der Waals surface area contributed by atoms with Crippen LogP contribution < -0.4 is 0 Å². The van der Waals surface area contributed by atoms with Crippen molar-refractivity contribution in [1.82, 2.24) is 9.80 Å². The topological polar surface area (TPSA) is 87.1 Å². The number of amides is 2. The fourth-order valence-corrected chi connectivity index (χ4v) is 7.88. The van der Waals surface area contributed by atoms with Crippen LogP contribution in [0.4, 0.5) is 0 Å². The third kappa shape index (κ3) is 4.74. The first-order chi connectivity index (χ1) is 15.8. The Hall–Kier alpha value is -1.80. The molecule has 3 heterocycles. The second kappa shape index (κ2) is 11.1. The predicted molar refractivity (Wildman–Crippen MR) is 130 cm³/mol. The molecule has 0 aromatic rings. The van der Waals surface area contributed by atoms with Crippen LogP contribution in [-0.4, -0.2) is 81.1 Å². The third-order valence-electron chi connectivity index (χ3n) is 7.14. The molecule has 0 aromatic carbocycles. The van der Waals surface area contributed by atoms with E-state index in [1.54, 1.807) is 33.7 Å². The lowest BCUT2D eigenvalue weighted by molar-refractivity contribution is -0.154. The van der Waals surface area contributed by atoms with Gasteiger partial charge in [-0.3, -0.25) is 14.4 Å². The van der Waals surface area contributed by atoms with Crippen LogP contribution >= 0.6 is 11.8 Å². The van der Waals surface area contributed by atoms with Gasteiger partial charge in [-0.15, -0.1) is 24.9 Å². The van der Waals surface area contributed by atoms with Crippen LogP contribution in [0.1, 0.15) is 52.4 Å². The molecule has 33 heavy (non-hydrogen) atoms. The zero-order valence-electron chi connectivity index (χ0n) is 19.9. The Labute approximate surface area is 201 Å². The van der Waals surface area contributed by atoms with Gasteiger partial charge in [0.05, 0.1) is 23.2 Å². The van der Waals surface area contributed by atoms with Gasteiger partial charge < -0.3 is 19.6 Å². The van der Waals surface area contributed by atoms with E-state index in [1.165, 1.54) is 0 Å². The zero-order valence-corrected chi connectivity index (χ0v) is 20.7. The average Bonchev–Trinajstić information content (AvgIpc) is 3.42. The van der Waals surface area contributed by atoms with Crippen LogP contribution in [0.5, 0.6) is 0 Å². The fraction of sp³-hybridized carbons (Fsp3) is 0.720. The summed E-state index contributed by atoms with van der Waals surface area (Å²) in [6.45, 7) is 12.6. The molecule has 0 aliphatic carbocycles. The van der Waals surface area contributed by atoms with Gasteiger partial charge in [0.25, 0.3) is 0 Å². The van der Waals surface area contributed by atoms with Crippen LogP contribution in [0.25, 0.3) is 0 Å². The summed E-state index contributed by atoms with van der Waals surface area (Å²) in [6.07, 6.45) is 7.71. The van der Waals surface area contributed by atoms with Crippen molar-refractivity contribution in [1.29, 1.82) is 0 Å². The Balaban J connectivity index is 1.91. The van der Waals surface area contributed by atoms with Gasteiger partial charge in [0.15, 0.2) is 0 Å². The number of likely N-dealkylation sites (tertiary alicyclic amines) is 1. The van der Waals surface area contributed by atoms with Gasteiger partial charge >= 0.3 is 5.97 Å². The number of unbranched alkanes of at least 4 members (excludes halogenated alkanes) is 2. The highest BCUT2D eigenvalue weighted by Gasteiger charge is 2.74. The summed E-state index contributed by atoms with van der Waals surface area (Å²) in [5.74, 6) is -1.54. The third-order valence-corrected chi connectivity index (χ3v) is 9.09. The highest BCUT2D eigenvalue weighted by Crippen LogP contribution is 2.66. The normalized spacial score (nSPS) is 29.9. The first kappa shape index (κ1) is 25.8. The Morgan fingerprint density at radius 1 is 1.30 bits per heavy atom. The molecular formula is C25H38N2O5S. The number of aliphatic hydroxyl groups excluding tert-OH is 1. The number of aliphatic hydroxyl groups is 1. The number of fused-ring (bicyclic) bond motifs is 1. The minimum atomic E-state index is -0.607. The van der Waals surface area contributed by atoms with Gasteiger partial charge in [0.1, 0.15) is 6.04 Å². The van der Waals surface area contributed by atoms with E-state index in [1.807, 2.05) is 13.8 Å². The minimum Gasteiger partial charge on any atom is -0.465 e. The largest absolute Gasteiger partial charge is 0.465 e. The molecule has 8 heteroatoms. The van der Waals surface area contributed by atoms with Crippen LogP contribution in [0.15, 0.2) is 25.3 Å². The first-order valence-electron chi connectivity index (χ1n) is 12.1. The van der Waals surface area contributed by atoms with E-state index in [9.17, 15) is 19.5 Å². The first-order valence-corrected chi connectivity index (χ1v) is 13.0. The highest BCUT2D eigenvalue weighted by atomic mass is 32.2. The van der Waals surface area contributed by atoms with E-state index in [0.717, 1.165) is 19.3 Å². The van der Waals surface area contributed by atoms with E-state index in [0.29, 0.717) is 39.0 Å². The number of allylic oxidation sites excluding steroid dienone is 1. The van der Waals surface area contributed by atoms with Crippen molar-refractivity contribution in [2.75, 3.05) is 26.3 Å². The molecule has 7 nitrogen and oxygen atoms in total. The number of rotatable bonds is 13. The number of hydrogen-bond donors (Lipinski definition) is 1. The summed E-state index contributed by atoms with van der Waals surface area (Å²) in [6, 6.07) is -0.640. The number of nitrogens with zero attached hydrogens (tertiary/aromatic N) is 2. The smallest absolute Gasteiger partial charge is 0.310 e. The molecule has 2 amide bonds. The quantitative estimate of drug-likeness (QED) is 0.249. The second-order valence-corrected chi connectivity index (χ2v) is 11.1. The molecule has 3 saturated heterocycles. The van der Waals surface area contributed by atoms with E-state index in [-0.39, 0.29) is 35.7 Å². The van der Waals surface area contributed by atoms with Gasteiger partial charge in [-0.25, -0.2) is 0 Å². The predicted octanol–water partition coefficient (Wildman–Crippen LogP) is 2.78. The van der Waals surface area contributed by atoms with Crippen molar-refractivity contribution in [3.05, 3.63) is 25.3 Å². The van der Waals surface area contributed by atoms with Crippen LogP contribution in [0.3, 0.4) is 0 Å². The molecule has 3 aliphatic rings. The SMILES string of the molecule is C=CCCCOC(=O)[C@@H]1[C@H]2C(=O)N(CCCCO)C(C(=O)N(CC=C)C(C)C)C23CC[C@H]1S3. The zero-order chi connectivity index (χ0) is 24.2. The van der Waals surface area contributed by atoms with Crippen molar-refractivity contribution in [3.63, 3.8) is 0 Å². The molecule has 1 spiro atoms. The van der Waals surface area contributed by atoms with Crippen molar-refractivity contribution >= 4 is 29.5 Å². The van der Waals surface area contributed by atoms with Crippen LogP contribution in [-0.2, 0) is 19.1 Å². The fourth-order valence-electron chi connectivity index (χ4n) is 5.68. The molecule has 2 bridgehead atoms. The van der Waals surface area contributed by atoms with Gasteiger partial charge in [0.2, 0.25) is 11.8 Å². The molecule has 3 aliphatic heterocycles. The Morgan fingerprint density at radius 2 is 2.06 bits per heavy atom. The Kier molecular flexibility index (Phi) is 8.67. The summed E-state index contributed by atoms with van der Waals surface area (Å²) >= 11 is 1.66. The minimum absolute atomic E-state index is 0.00708. The highest BCUT2D eigenvalue weighted by molar-refractivity contribution is 8.02. The van der Waals surface area contributed by atoms with E-state index in [2.05, 4.69) is 13.2 Å². The molecule has 3 fully saturated rings. The molecule has 0 radical (unpaired) electrons. The molecule has 5 atom stereocenters.